The summed E-state index contributed by atoms with van der Waals surface area (Å²) in [5, 5.41) is 2.96. The smallest absolute Gasteiger partial charge is 0.230 e. The standard InChI is InChI=1S/C14H19NO2/c1-2-15-13(16)14(8-10-17-11-9-14)12-6-4-3-5-7-12/h3-7H,2,8-11H2,1H3,(H,15,16). The second-order valence-corrected chi connectivity index (χ2v) is 4.42. The predicted octanol–water partition coefficient (Wildman–Crippen LogP) is 1.87. The first-order chi connectivity index (χ1) is 8.29. The van der Waals surface area contributed by atoms with Crippen LogP contribution in [0.1, 0.15) is 25.3 Å². The molecule has 3 heteroatoms. The Labute approximate surface area is 102 Å². The molecular weight excluding hydrogens is 214 g/mol. The minimum absolute atomic E-state index is 0.134. The van der Waals surface area contributed by atoms with Crippen LogP contribution in [-0.4, -0.2) is 25.7 Å². The quantitative estimate of drug-likeness (QED) is 0.865. The lowest BCUT2D eigenvalue weighted by molar-refractivity contribution is -0.130. The zero-order chi connectivity index (χ0) is 12.1. The van der Waals surface area contributed by atoms with E-state index in [1.54, 1.807) is 0 Å². The lowest BCUT2D eigenvalue weighted by Gasteiger charge is -2.36. The number of rotatable bonds is 3. The van der Waals surface area contributed by atoms with E-state index in [2.05, 4.69) is 5.32 Å². The lowest BCUT2D eigenvalue weighted by Crippen LogP contribution is -2.47. The van der Waals surface area contributed by atoms with Crippen molar-refractivity contribution in [1.82, 2.24) is 5.32 Å². The van der Waals surface area contributed by atoms with Crippen molar-refractivity contribution in [3.8, 4) is 0 Å². The molecule has 0 atom stereocenters. The van der Waals surface area contributed by atoms with Gasteiger partial charge in [0, 0.05) is 19.8 Å². The number of hydrogen-bond acceptors (Lipinski definition) is 2. The highest BCUT2D eigenvalue weighted by Crippen LogP contribution is 2.34. The van der Waals surface area contributed by atoms with Crippen LogP contribution >= 0.6 is 0 Å². The minimum atomic E-state index is -0.393. The Hall–Kier alpha value is -1.35. The molecule has 0 aromatic heterocycles. The predicted molar refractivity (Wildman–Crippen MR) is 66.9 cm³/mol. The molecule has 0 spiro atoms. The lowest BCUT2D eigenvalue weighted by atomic mass is 9.73. The van der Waals surface area contributed by atoms with Gasteiger partial charge in [-0.15, -0.1) is 0 Å². The molecule has 1 saturated heterocycles. The molecule has 0 radical (unpaired) electrons. The first-order valence-corrected chi connectivity index (χ1v) is 6.21. The SMILES string of the molecule is CCNC(=O)C1(c2ccccc2)CCOCC1. The van der Waals surface area contributed by atoms with Gasteiger partial charge in [0.05, 0.1) is 5.41 Å². The highest BCUT2D eigenvalue weighted by molar-refractivity contribution is 5.88. The van der Waals surface area contributed by atoms with Crippen LogP contribution in [-0.2, 0) is 14.9 Å². The molecule has 1 aliphatic heterocycles. The fourth-order valence-electron chi connectivity index (χ4n) is 2.45. The highest BCUT2D eigenvalue weighted by Gasteiger charge is 2.41. The van der Waals surface area contributed by atoms with E-state index in [0.717, 1.165) is 18.4 Å². The monoisotopic (exact) mass is 233 g/mol. The Morgan fingerprint density at radius 3 is 2.53 bits per heavy atom. The van der Waals surface area contributed by atoms with E-state index < -0.39 is 5.41 Å². The fraction of sp³-hybridized carbons (Fsp3) is 0.500. The largest absolute Gasteiger partial charge is 0.381 e. The van der Waals surface area contributed by atoms with Crippen molar-refractivity contribution in [3.63, 3.8) is 0 Å². The number of hydrogen-bond donors (Lipinski definition) is 1. The van der Waals surface area contributed by atoms with Gasteiger partial charge in [0.2, 0.25) is 5.91 Å². The maximum absolute atomic E-state index is 12.4. The summed E-state index contributed by atoms with van der Waals surface area (Å²) < 4.78 is 5.39. The summed E-state index contributed by atoms with van der Waals surface area (Å²) in [7, 11) is 0. The van der Waals surface area contributed by atoms with Gasteiger partial charge in [0.1, 0.15) is 0 Å². The third-order valence-corrected chi connectivity index (χ3v) is 3.44. The number of amides is 1. The summed E-state index contributed by atoms with van der Waals surface area (Å²) in [6, 6.07) is 10.0. The van der Waals surface area contributed by atoms with Gasteiger partial charge < -0.3 is 10.1 Å². The number of benzene rings is 1. The molecular formula is C14H19NO2. The van der Waals surface area contributed by atoms with Crippen LogP contribution in [0.5, 0.6) is 0 Å². The molecule has 0 unspecified atom stereocenters. The molecule has 1 aliphatic rings. The molecule has 3 nitrogen and oxygen atoms in total. The maximum Gasteiger partial charge on any atom is 0.230 e. The number of carbonyl (C=O) groups excluding carboxylic acids is 1. The van der Waals surface area contributed by atoms with E-state index in [-0.39, 0.29) is 5.91 Å². The van der Waals surface area contributed by atoms with E-state index >= 15 is 0 Å². The van der Waals surface area contributed by atoms with Crippen LogP contribution in [0.25, 0.3) is 0 Å². The summed E-state index contributed by atoms with van der Waals surface area (Å²) in [5.74, 6) is 0.134. The highest BCUT2D eigenvalue weighted by atomic mass is 16.5. The Kier molecular flexibility index (Phi) is 3.79. The molecule has 92 valence electrons. The van der Waals surface area contributed by atoms with Gasteiger partial charge in [-0.1, -0.05) is 30.3 Å². The number of ether oxygens (including phenoxy) is 1. The average Bonchev–Trinajstić information content (AvgIpc) is 2.41. The van der Waals surface area contributed by atoms with Crippen LogP contribution in [0.2, 0.25) is 0 Å². The van der Waals surface area contributed by atoms with Crippen molar-refractivity contribution >= 4 is 5.91 Å². The van der Waals surface area contributed by atoms with Gasteiger partial charge in [-0.3, -0.25) is 4.79 Å². The number of nitrogens with one attached hydrogen (secondary N) is 1. The van der Waals surface area contributed by atoms with Crippen molar-refractivity contribution in [2.75, 3.05) is 19.8 Å². The van der Waals surface area contributed by atoms with E-state index in [0.29, 0.717) is 19.8 Å². The Morgan fingerprint density at radius 2 is 1.94 bits per heavy atom. The number of carbonyl (C=O) groups is 1. The average molecular weight is 233 g/mol. The van der Waals surface area contributed by atoms with Gasteiger partial charge in [0.25, 0.3) is 0 Å². The van der Waals surface area contributed by atoms with Gasteiger partial charge in [-0.2, -0.15) is 0 Å². The van der Waals surface area contributed by atoms with Crippen LogP contribution < -0.4 is 5.32 Å². The van der Waals surface area contributed by atoms with Crippen molar-refractivity contribution < 1.29 is 9.53 Å². The van der Waals surface area contributed by atoms with Crippen molar-refractivity contribution in [2.24, 2.45) is 0 Å². The Balaban J connectivity index is 2.33. The van der Waals surface area contributed by atoms with Crippen LogP contribution in [0.4, 0.5) is 0 Å². The second kappa shape index (κ2) is 5.32. The summed E-state index contributed by atoms with van der Waals surface area (Å²) in [6.07, 6.45) is 1.53. The van der Waals surface area contributed by atoms with E-state index in [4.69, 9.17) is 4.74 Å². The molecule has 1 fully saturated rings. The molecule has 1 aromatic rings. The third kappa shape index (κ3) is 2.34. The zero-order valence-electron chi connectivity index (χ0n) is 10.2. The van der Waals surface area contributed by atoms with Crippen molar-refractivity contribution in [2.45, 2.75) is 25.2 Å². The van der Waals surface area contributed by atoms with E-state index in [1.165, 1.54) is 0 Å². The second-order valence-electron chi connectivity index (χ2n) is 4.42. The number of likely N-dealkylation sites (N-methyl/N-ethyl adjacent to an activating group) is 1. The summed E-state index contributed by atoms with van der Waals surface area (Å²) >= 11 is 0. The van der Waals surface area contributed by atoms with Crippen LogP contribution in [0, 0.1) is 0 Å². The molecule has 0 aliphatic carbocycles. The summed E-state index contributed by atoms with van der Waals surface area (Å²) in [5.41, 5.74) is 0.712. The van der Waals surface area contributed by atoms with E-state index in [9.17, 15) is 4.79 Å². The van der Waals surface area contributed by atoms with Gasteiger partial charge in [0.15, 0.2) is 0 Å². The maximum atomic E-state index is 12.4. The van der Waals surface area contributed by atoms with Gasteiger partial charge in [-0.25, -0.2) is 0 Å². The fourth-order valence-corrected chi connectivity index (χ4v) is 2.45. The van der Waals surface area contributed by atoms with Crippen molar-refractivity contribution in [3.05, 3.63) is 35.9 Å². The van der Waals surface area contributed by atoms with E-state index in [1.807, 2.05) is 37.3 Å². The zero-order valence-corrected chi connectivity index (χ0v) is 10.2. The molecule has 0 bridgehead atoms. The molecule has 1 heterocycles. The Morgan fingerprint density at radius 1 is 1.29 bits per heavy atom. The molecule has 17 heavy (non-hydrogen) atoms. The first-order valence-electron chi connectivity index (χ1n) is 6.21. The Bertz CT molecular complexity index is 369. The minimum Gasteiger partial charge on any atom is -0.381 e. The van der Waals surface area contributed by atoms with Crippen LogP contribution in [0.3, 0.4) is 0 Å². The molecule has 0 saturated carbocycles. The topological polar surface area (TPSA) is 38.3 Å². The summed E-state index contributed by atoms with van der Waals surface area (Å²) in [6.45, 7) is 3.95. The molecule has 2 rings (SSSR count). The molecule has 1 N–H and O–H groups in total. The normalized spacial score (nSPS) is 18.6. The van der Waals surface area contributed by atoms with Crippen molar-refractivity contribution in [1.29, 1.82) is 0 Å². The summed E-state index contributed by atoms with van der Waals surface area (Å²) in [4.78, 5) is 12.4. The third-order valence-electron chi connectivity index (χ3n) is 3.44. The van der Waals surface area contributed by atoms with Crippen LogP contribution in [0.15, 0.2) is 30.3 Å². The van der Waals surface area contributed by atoms with Gasteiger partial charge >= 0.3 is 0 Å². The molecule has 1 aromatic carbocycles. The van der Waals surface area contributed by atoms with Gasteiger partial charge in [-0.05, 0) is 25.3 Å². The first kappa shape index (κ1) is 12.1. The molecule has 1 amide bonds.